The third kappa shape index (κ3) is 4.60. The molecule has 0 aliphatic rings. The lowest BCUT2D eigenvalue weighted by atomic mass is 10.1. The van der Waals surface area contributed by atoms with Crippen molar-refractivity contribution in [2.75, 3.05) is 0 Å². The summed E-state index contributed by atoms with van der Waals surface area (Å²) >= 11 is 0. The molecular formula is C14H25NO2Si2. The highest BCUT2D eigenvalue weighted by molar-refractivity contribution is 6.89. The highest BCUT2D eigenvalue weighted by Crippen LogP contribution is 2.22. The van der Waals surface area contributed by atoms with E-state index in [1.807, 2.05) is 12.1 Å². The topological polar surface area (TPSA) is 40.5 Å². The molecule has 3 nitrogen and oxygen atoms in total. The van der Waals surface area contributed by atoms with Gasteiger partial charge in [0, 0.05) is 6.54 Å². The summed E-state index contributed by atoms with van der Waals surface area (Å²) in [7, 11) is -2.72. The molecule has 106 valence electrons. The van der Waals surface area contributed by atoms with Gasteiger partial charge in [0.1, 0.15) is 16.5 Å². The van der Waals surface area contributed by atoms with Crippen molar-refractivity contribution >= 4 is 22.4 Å². The van der Waals surface area contributed by atoms with E-state index in [0.717, 1.165) is 6.54 Å². The quantitative estimate of drug-likeness (QED) is 0.839. The lowest BCUT2D eigenvalue weighted by Crippen LogP contribution is -2.58. The maximum Gasteiger partial charge on any atom is 0.335 e. The molecule has 5 heteroatoms. The number of hydrogen-bond acceptors (Lipinski definition) is 2. The monoisotopic (exact) mass is 295 g/mol. The van der Waals surface area contributed by atoms with Crippen molar-refractivity contribution in [3.8, 4) is 0 Å². The zero-order chi connectivity index (χ0) is 14.8. The molecule has 1 aromatic carbocycles. The number of hydrogen-bond donors (Lipinski definition) is 1. The van der Waals surface area contributed by atoms with Gasteiger partial charge in [-0.2, -0.15) is 0 Å². The summed E-state index contributed by atoms with van der Waals surface area (Å²) < 4.78 is 2.69. The van der Waals surface area contributed by atoms with Crippen LogP contribution in [0.2, 0.25) is 39.3 Å². The Hall–Kier alpha value is -0.916. The van der Waals surface area contributed by atoms with E-state index in [4.69, 9.17) is 5.11 Å². The number of aromatic carboxylic acids is 1. The van der Waals surface area contributed by atoms with Gasteiger partial charge in [-0.15, -0.1) is 0 Å². The van der Waals surface area contributed by atoms with Crippen LogP contribution in [0, 0.1) is 0 Å². The largest absolute Gasteiger partial charge is 0.478 e. The first-order valence-corrected chi connectivity index (χ1v) is 13.5. The average molecular weight is 296 g/mol. The first kappa shape index (κ1) is 16.1. The van der Waals surface area contributed by atoms with Gasteiger partial charge in [-0.25, -0.2) is 4.79 Å². The fourth-order valence-electron chi connectivity index (χ4n) is 2.42. The third-order valence-corrected chi connectivity index (χ3v) is 10.7. The van der Waals surface area contributed by atoms with Gasteiger partial charge in [-0.1, -0.05) is 51.4 Å². The molecule has 0 fully saturated rings. The molecule has 1 rings (SSSR count). The van der Waals surface area contributed by atoms with Crippen molar-refractivity contribution in [2.45, 2.75) is 45.8 Å². The van der Waals surface area contributed by atoms with Crippen molar-refractivity contribution in [1.29, 1.82) is 0 Å². The van der Waals surface area contributed by atoms with Gasteiger partial charge < -0.3 is 9.34 Å². The number of carboxylic acid groups (broad SMARTS) is 1. The lowest BCUT2D eigenvalue weighted by molar-refractivity contribution is 0.0697. The smallest absolute Gasteiger partial charge is 0.335 e. The van der Waals surface area contributed by atoms with Crippen LogP contribution < -0.4 is 0 Å². The van der Waals surface area contributed by atoms with Crippen LogP contribution in [0.4, 0.5) is 0 Å². The average Bonchev–Trinajstić information content (AvgIpc) is 2.23. The minimum absolute atomic E-state index is 0.358. The van der Waals surface area contributed by atoms with E-state index in [2.05, 4.69) is 43.5 Å². The van der Waals surface area contributed by atoms with Gasteiger partial charge in [0.05, 0.1) is 5.56 Å². The maximum absolute atomic E-state index is 10.9. The van der Waals surface area contributed by atoms with E-state index in [9.17, 15) is 4.79 Å². The SMILES string of the molecule is C[Si](C)(C)N(Cc1ccc(C(=O)O)cc1)[Si](C)(C)C. The van der Waals surface area contributed by atoms with Crippen LogP contribution in [0.15, 0.2) is 24.3 Å². The molecule has 0 bridgehead atoms. The maximum atomic E-state index is 10.9. The van der Waals surface area contributed by atoms with Crippen molar-refractivity contribution in [3.05, 3.63) is 35.4 Å². The zero-order valence-electron chi connectivity index (χ0n) is 12.8. The molecule has 0 aromatic heterocycles. The predicted molar refractivity (Wildman–Crippen MR) is 85.6 cm³/mol. The Morgan fingerprint density at radius 1 is 1.00 bits per heavy atom. The fraction of sp³-hybridized carbons (Fsp3) is 0.500. The highest BCUT2D eigenvalue weighted by Gasteiger charge is 2.34. The van der Waals surface area contributed by atoms with Crippen LogP contribution in [-0.2, 0) is 6.54 Å². The van der Waals surface area contributed by atoms with E-state index in [0.29, 0.717) is 5.56 Å². The third-order valence-electron chi connectivity index (χ3n) is 3.16. The Bertz CT molecular complexity index is 430. The van der Waals surface area contributed by atoms with E-state index in [1.54, 1.807) is 12.1 Å². The van der Waals surface area contributed by atoms with Gasteiger partial charge in [-0.3, -0.25) is 0 Å². The van der Waals surface area contributed by atoms with E-state index in [-0.39, 0.29) is 0 Å². The molecule has 0 amide bonds. The summed E-state index contributed by atoms with van der Waals surface area (Å²) in [6.45, 7) is 15.2. The fourth-order valence-corrected chi connectivity index (χ4v) is 11.8. The molecular weight excluding hydrogens is 270 g/mol. The summed E-state index contributed by atoms with van der Waals surface area (Å²) in [5.41, 5.74) is 1.56. The zero-order valence-corrected chi connectivity index (χ0v) is 14.8. The molecule has 0 aliphatic carbocycles. The standard InChI is InChI=1S/C14H25NO2Si2/c1-18(2,3)15(19(4,5)6)11-12-7-9-13(10-8-12)14(16)17/h7-10H,11H2,1-6H3,(H,16,17). The molecule has 0 heterocycles. The molecule has 1 N–H and O–H groups in total. The molecule has 0 atom stereocenters. The van der Waals surface area contributed by atoms with Gasteiger partial charge in [0.15, 0.2) is 0 Å². The molecule has 0 saturated heterocycles. The predicted octanol–water partition coefficient (Wildman–Crippen LogP) is 3.86. The van der Waals surface area contributed by atoms with Crippen LogP contribution in [0.5, 0.6) is 0 Å². The summed E-state index contributed by atoms with van der Waals surface area (Å²) in [5, 5.41) is 8.92. The second-order valence-electron chi connectivity index (χ2n) is 6.93. The molecule has 0 aliphatic heterocycles. The molecule has 0 spiro atoms. The minimum Gasteiger partial charge on any atom is -0.478 e. The van der Waals surface area contributed by atoms with Gasteiger partial charge in [0.2, 0.25) is 0 Å². The minimum atomic E-state index is -1.36. The molecule has 0 saturated carbocycles. The Kier molecular flexibility index (Phi) is 4.76. The van der Waals surface area contributed by atoms with E-state index < -0.39 is 22.4 Å². The van der Waals surface area contributed by atoms with Crippen molar-refractivity contribution in [3.63, 3.8) is 0 Å². The highest BCUT2D eigenvalue weighted by atomic mass is 28.4. The Morgan fingerprint density at radius 2 is 1.42 bits per heavy atom. The Labute approximate surface area is 118 Å². The number of nitrogens with zero attached hydrogens (tertiary/aromatic N) is 1. The second-order valence-corrected chi connectivity index (χ2v) is 17.1. The van der Waals surface area contributed by atoms with Gasteiger partial charge in [0.25, 0.3) is 0 Å². The number of carboxylic acids is 1. The van der Waals surface area contributed by atoms with Crippen molar-refractivity contribution in [2.24, 2.45) is 0 Å². The first-order chi connectivity index (χ1) is 8.51. The van der Waals surface area contributed by atoms with Gasteiger partial charge >= 0.3 is 5.97 Å². The number of carbonyl (C=O) groups is 1. The van der Waals surface area contributed by atoms with Crippen LogP contribution >= 0.6 is 0 Å². The van der Waals surface area contributed by atoms with E-state index >= 15 is 0 Å². The lowest BCUT2D eigenvalue weighted by Gasteiger charge is -2.43. The Morgan fingerprint density at radius 3 is 1.74 bits per heavy atom. The van der Waals surface area contributed by atoms with Crippen molar-refractivity contribution < 1.29 is 9.90 Å². The molecule has 0 radical (unpaired) electrons. The second kappa shape index (κ2) is 5.60. The van der Waals surface area contributed by atoms with Crippen LogP contribution in [0.25, 0.3) is 0 Å². The summed E-state index contributed by atoms with van der Waals surface area (Å²) in [6.07, 6.45) is 0. The molecule has 19 heavy (non-hydrogen) atoms. The van der Waals surface area contributed by atoms with E-state index in [1.165, 1.54) is 5.56 Å². The summed E-state index contributed by atoms with van der Waals surface area (Å²) in [5.74, 6) is -0.862. The summed E-state index contributed by atoms with van der Waals surface area (Å²) in [6, 6.07) is 7.28. The molecule has 0 unspecified atom stereocenters. The summed E-state index contributed by atoms with van der Waals surface area (Å²) in [4.78, 5) is 10.9. The number of benzene rings is 1. The van der Waals surface area contributed by atoms with Gasteiger partial charge in [-0.05, 0) is 17.7 Å². The number of rotatable bonds is 5. The van der Waals surface area contributed by atoms with Crippen molar-refractivity contribution in [1.82, 2.24) is 4.23 Å². The van der Waals surface area contributed by atoms with Crippen LogP contribution in [-0.4, -0.2) is 31.8 Å². The van der Waals surface area contributed by atoms with Crippen LogP contribution in [0.3, 0.4) is 0 Å². The van der Waals surface area contributed by atoms with Crippen LogP contribution in [0.1, 0.15) is 15.9 Å². The normalized spacial score (nSPS) is 12.8. The molecule has 1 aromatic rings. The first-order valence-electron chi connectivity index (χ1n) is 6.62. The Balaban J connectivity index is 2.95.